The monoisotopic (exact) mass is 240 g/mol. The maximum atomic E-state index is 11.7. The zero-order valence-electron chi connectivity index (χ0n) is 9.73. The number of hydrogen-bond acceptors (Lipinski definition) is 4. The summed E-state index contributed by atoms with van der Waals surface area (Å²) in [6.45, 7) is 3.37. The minimum Gasteiger partial charge on any atom is -0.494 e. The molecule has 0 saturated carbocycles. The maximum absolute atomic E-state index is 11.7. The number of nitrogens with one attached hydrogen (secondary N) is 2. The van der Waals surface area contributed by atoms with Crippen LogP contribution in [0.2, 0.25) is 0 Å². The van der Waals surface area contributed by atoms with E-state index in [1.807, 2.05) is 0 Å². The zero-order valence-corrected chi connectivity index (χ0v) is 9.73. The Morgan fingerprint density at radius 2 is 2.12 bits per heavy atom. The van der Waals surface area contributed by atoms with E-state index in [4.69, 9.17) is 10.2 Å². The molecule has 0 bridgehead atoms. The molecule has 0 aromatic carbocycles. The van der Waals surface area contributed by atoms with Crippen LogP contribution >= 0.6 is 0 Å². The third-order valence-electron chi connectivity index (χ3n) is 2.16. The third-order valence-corrected chi connectivity index (χ3v) is 2.16. The number of aliphatic hydroxyl groups is 1. The van der Waals surface area contributed by atoms with Crippen LogP contribution in [0.15, 0.2) is 16.9 Å². The SMILES string of the molecule is CC(O)CC(C)NC(=O)c1cc(O)[nH]c(=O)c1. The number of aromatic nitrogens is 1. The largest absolute Gasteiger partial charge is 0.494 e. The molecule has 0 spiro atoms. The van der Waals surface area contributed by atoms with Gasteiger partial charge in [0.1, 0.15) is 0 Å². The fraction of sp³-hybridized carbons (Fsp3) is 0.455. The van der Waals surface area contributed by atoms with Gasteiger partial charge in [-0.25, -0.2) is 0 Å². The summed E-state index contributed by atoms with van der Waals surface area (Å²) in [5.41, 5.74) is -0.456. The lowest BCUT2D eigenvalue weighted by Crippen LogP contribution is -2.35. The smallest absolute Gasteiger partial charge is 0.251 e. The Morgan fingerprint density at radius 1 is 1.47 bits per heavy atom. The standard InChI is InChI=1S/C11H16N2O4/c1-6(3-7(2)14)12-11(17)8-4-9(15)13-10(16)5-8/h4-7,14H,3H2,1-2H3,(H,12,17)(H2,13,15,16). The van der Waals surface area contributed by atoms with Crippen LogP contribution in [0.3, 0.4) is 0 Å². The summed E-state index contributed by atoms with van der Waals surface area (Å²) in [6.07, 6.45) is -0.0983. The van der Waals surface area contributed by atoms with Gasteiger partial charge >= 0.3 is 0 Å². The van der Waals surface area contributed by atoms with E-state index >= 15 is 0 Å². The number of rotatable bonds is 4. The van der Waals surface area contributed by atoms with Gasteiger partial charge in [0.2, 0.25) is 0 Å². The van der Waals surface area contributed by atoms with Gasteiger partial charge in [-0.1, -0.05) is 0 Å². The molecule has 1 aromatic heterocycles. The number of carbonyl (C=O) groups is 1. The topological polar surface area (TPSA) is 102 Å². The molecule has 1 aromatic rings. The van der Waals surface area contributed by atoms with E-state index < -0.39 is 17.6 Å². The van der Waals surface area contributed by atoms with Gasteiger partial charge in [-0.15, -0.1) is 0 Å². The summed E-state index contributed by atoms with van der Waals surface area (Å²) >= 11 is 0. The average Bonchev–Trinajstić information content (AvgIpc) is 2.14. The van der Waals surface area contributed by atoms with E-state index in [1.54, 1.807) is 13.8 Å². The van der Waals surface area contributed by atoms with E-state index in [1.165, 1.54) is 6.07 Å². The molecule has 94 valence electrons. The molecule has 17 heavy (non-hydrogen) atoms. The highest BCUT2D eigenvalue weighted by molar-refractivity contribution is 5.94. The molecule has 1 rings (SSSR count). The van der Waals surface area contributed by atoms with Gasteiger partial charge in [-0.2, -0.15) is 0 Å². The second-order valence-corrected chi connectivity index (χ2v) is 4.08. The van der Waals surface area contributed by atoms with Crippen LogP contribution in [0.25, 0.3) is 0 Å². The first-order valence-electron chi connectivity index (χ1n) is 5.30. The van der Waals surface area contributed by atoms with Crippen molar-refractivity contribution in [3.8, 4) is 5.88 Å². The predicted molar refractivity (Wildman–Crippen MR) is 62.0 cm³/mol. The van der Waals surface area contributed by atoms with Crippen molar-refractivity contribution in [2.45, 2.75) is 32.4 Å². The van der Waals surface area contributed by atoms with E-state index in [0.717, 1.165) is 6.07 Å². The van der Waals surface area contributed by atoms with Gasteiger partial charge < -0.3 is 15.5 Å². The summed E-state index contributed by atoms with van der Waals surface area (Å²) in [5, 5.41) is 20.9. The van der Waals surface area contributed by atoms with Crippen LogP contribution in [0.4, 0.5) is 0 Å². The van der Waals surface area contributed by atoms with Crippen LogP contribution < -0.4 is 10.9 Å². The molecule has 0 aliphatic rings. The minimum absolute atomic E-state index is 0.0868. The van der Waals surface area contributed by atoms with Crippen LogP contribution in [-0.2, 0) is 0 Å². The molecule has 4 N–H and O–H groups in total. The lowest BCUT2D eigenvalue weighted by molar-refractivity contribution is 0.0922. The number of pyridine rings is 1. The number of aliphatic hydroxyl groups excluding tert-OH is 1. The van der Waals surface area contributed by atoms with Gasteiger partial charge in [0.05, 0.1) is 11.7 Å². The van der Waals surface area contributed by atoms with Crippen LogP contribution in [0.5, 0.6) is 5.88 Å². The number of amides is 1. The lowest BCUT2D eigenvalue weighted by atomic mass is 10.1. The van der Waals surface area contributed by atoms with E-state index in [-0.39, 0.29) is 17.5 Å². The zero-order chi connectivity index (χ0) is 13.0. The maximum Gasteiger partial charge on any atom is 0.251 e. The molecule has 0 fully saturated rings. The van der Waals surface area contributed by atoms with Crippen molar-refractivity contribution in [2.24, 2.45) is 0 Å². The minimum atomic E-state index is -0.543. The molecule has 6 heteroatoms. The Labute approximate surface area is 98.3 Å². The summed E-state index contributed by atoms with van der Waals surface area (Å²) in [4.78, 5) is 24.9. The Bertz CT molecular complexity index is 453. The second-order valence-electron chi connectivity index (χ2n) is 4.08. The van der Waals surface area contributed by atoms with Crippen molar-refractivity contribution in [2.75, 3.05) is 0 Å². The van der Waals surface area contributed by atoms with E-state index in [2.05, 4.69) is 10.3 Å². The summed E-state index contributed by atoms with van der Waals surface area (Å²) in [5.74, 6) is -0.814. The van der Waals surface area contributed by atoms with Gasteiger partial charge in [-0.05, 0) is 20.3 Å². The molecule has 2 atom stereocenters. The summed E-state index contributed by atoms with van der Waals surface area (Å²) < 4.78 is 0. The molecule has 6 nitrogen and oxygen atoms in total. The molecule has 0 aliphatic carbocycles. The average molecular weight is 240 g/mol. The fourth-order valence-electron chi connectivity index (χ4n) is 1.54. The number of hydrogen-bond donors (Lipinski definition) is 4. The Kier molecular flexibility index (Phi) is 4.28. The summed E-state index contributed by atoms with van der Waals surface area (Å²) in [7, 11) is 0. The van der Waals surface area contributed by atoms with Gasteiger partial charge in [-0.3, -0.25) is 14.6 Å². The van der Waals surface area contributed by atoms with Crippen molar-refractivity contribution in [1.82, 2.24) is 10.3 Å². The predicted octanol–water partition coefficient (Wildman–Crippen LogP) is -0.0303. The first-order valence-corrected chi connectivity index (χ1v) is 5.30. The molecule has 0 saturated heterocycles. The Balaban J connectivity index is 2.73. The van der Waals surface area contributed by atoms with Crippen LogP contribution in [0.1, 0.15) is 30.6 Å². The highest BCUT2D eigenvalue weighted by Gasteiger charge is 2.12. The van der Waals surface area contributed by atoms with E-state index in [0.29, 0.717) is 6.42 Å². The third kappa shape index (κ3) is 4.28. The van der Waals surface area contributed by atoms with E-state index in [9.17, 15) is 9.59 Å². The highest BCUT2D eigenvalue weighted by atomic mass is 16.3. The number of carbonyl (C=O) groups excluding carboxylic acids is 1. The first kappa shape index (κ1) is 13.2. The molecule has 2 unspecified atom stereocenters. The lowest BCUT2D eigenvalue weighted by Gasteiger charge is -2.15. The van der Waals surface area contributed by atoms with Crippen molar-refractivity contribution in [3.63, 3.8) is 0 Å². The number of aromatic hydroxyl groups is 1. The highest BCUT2D eigenvalue weighted by Crippen LogP contribution is 2.05. The molecular formula is C11H16N2O4. The first-order chi connectivity index (χ1) is 7.88. The number of aromatic amines is 1. The van der Waals surface area contributed by atoms with Gasteiger partial charge in [0, 0.05) is 18.2 Å². The van der Waals surface area contributed by atoms with Crippen molar-refractivity contribution in [3.05, 3.63) is 28.0 Å². The van der Waals surface area contributed by atoms with Crippen LogP contribution in [-0.4, -0.2) is 33.3 Å². The molecule has 1 amide bonds. The van der Waals surface area contributed by atoms with Crippen LogP contribution in [0, 0.1) is 0 Å². The normalized spacial score (nSPS) is 14.1. The van der Waals surface area contributed by atoms with Gasteiger partial charge in [0.25, 0.3) is 11.5 Å². The summed E-state index contributed by atoms with van der Waals surface area (Å²) in [6, 6.07) is 2.06. The molecule has 1 heterocycles. The number of H-pyrrole nitrogens is 1. The Hall–Kier alpha value is -1.82. The fourth-order valence-corrected chi connectivity index (χ4v) is 1.54. The molecule has 0 radical (unpaired) electrons. The molecular weight excluding hydrogens is 224 g/mol. The quantitative estimate of drug-likeness (QED) is 0.593. The van der Waals surface area contributed by atoms with Crippen molar-refractivity contribution < 1.29 is 15.0 Å². The Morgan fingerprint density at radius 3 is 2.65 bits per heavy atom. The van der Waals surface area contributed by atoms with Crippen molar-refractivity contribution >= 4 is 5.91 Å². The van der Waals surface area contributed by atoms with Gasteiger partial charge in [0.15, 0.2) is 5.88 Å². The molecule has 0 aliphatic heterocycles. The second kappa shape index (κ2) is 5.49. The van der Waals surface area contributed by atoms with Crippen molar-refractivity contribution in [1.29, 1.82) is 0 Å².